The molecular formula is C16H16N2O7S. The monoisotopic (exact) mass is 380 g/mol. The Morgan fingerprint density at radius 2 is 2.04 bits per heavy atom. The van der Waals surface area contributed by atoms with Gasteiger partial charge in [-0.2, -0.15) is 0 Å². The number of methoxy groups -OCH3 is 1. The highest BCUT2D eigenvalue weighted by atomic mass is 32.2. The van der Waals surface area contributed by atoms with Gasteiger partial charge in [0.1, 0.15) is 22.9 Å². The minimum atomic E-state index is -1.60. The van der Waals surface area contributed by atoms with Gasteiger partial charge in [0.2, 0.25) is 0 Å². The van der Waals surface area contributed by atoms with Crippen LogP contribution in [0.25, 0.3) is 0 Å². The molecule has 26 heavy (non-hydrogen) atoms. The molecule has 1 saturated heterocycles. The van der Waals surface area contributed by atoms with Gasteiger partial charge in [0.15, 0.2) is 12.3 Å². The summed E-state index contributed by atoms with van der Waals surface area (Å²) in [5.41, 5.74) is -0.340. The predicted octanol–water partition coefficient (Wildman–Crippen LogP) is -0.577. The first-order valence-corrected chi connectivity index (χ1v) is 9.00. The van der Waals surface area contributed by atoms with Crippen molar-refractivity contribution in [3.05, 3.63) is 41.8 Å². The summed E-state index contributed by atoms with van der Waals surface area (Å²) in [5.74, 6) is -2.25. The van der Waals surface area contributed by atoms with Gasteiger partial charge >= 0.3 is 5.97 Å². The number of carbonyl (C=O) groups excluding carboxylic acids is 2. The standard InChI is InChI=1S/C16H16N2O7S/c1-24-10-8-26(23)15-12(14(20)18(15)13(10)16(21)22)17-11(19)7-25-9-5-3-2-4-6-9/h2-6,12,15H,7-8H2,1H3,(H,17,19)(H,21,22)/t12?,15-,26+/m0/s1. The molecule has 3 rings (SSSR count). The van der Waals surface area contributed by atoms with Crippen molar-refractivity contribution < 1.29 is 33.2 Å². The second-order valence-electron chi connectivity index (χ2n) is 5.55. The summed E-state index contributed by atoms with van der Waals surface area (Å²) in [6.45, 7) is -0.321. The zero-order valence-electron chi connectivity index (χ0n) is 13.7. The first kappa shape index (κ1) is 17.9. The third kappa shape index (κ3) is 3.15. The Balaban J connectivity index is 1.67. The molecule has 2 amide bonds. The number of carboxylic acid groups (broad SMARTS) is 1. The van der Waals surface area contributed by atoms with Crippen LogP contribution in [0.3, 0.4) is 0 Å². The number of carboxylic acids is 1. The van der Waals surface area contributed by atoms with Crippen molar-refractivity contribution >= 4 is 28.6 Å². The van der Waals surface area contributed by atoms with Crippen LogP contribution < -0.4 is 10.1 Å². The summed E-state index contributed by atoms with van der Waals surface area (Å²) in [4.78, 5) is 36.7. The number of hydrogen-bond donors (Lipinski definition) is 2. The van der Waals surface area contributed by atoms with E-state index in [-0.39, 0.29) is 23.8 Å². The molecule has 2 N–H and O–H groups in total. The van der Waals surface area contributed by atoms with E-state index in [0.29, 0.717) is 5.75 Å². The first-order valence-electron chi connectivity index (χ1n) is 7.62. The lowest BCUT2D eigenvalue weighted by Crippen LogP contribution is -2.73. The molecule has 10 heteroatoms. The first-order chi connectivity index (χ1) is 12.4. The van der Waals surface area contributed by atoms with Crippen molar-refractivity contribution in [2.45, 2.75) is 11.4 Å². The maximum atomic E-state index is 12.3. The van der Waals surface area contributed by atoms with Crippen LogP contribution in [0.4, 0.5) is 0 Å². The van der Waals surface area contributed by atoms with Crippen molar-refractivity contribution in [3.8, 4) is 5.75 Å². The third-order valence-corrected chi connectivity index (χ3v) is 5.54. The van der Waals surface area contributed by atoms with Gasteiger partial charge in [0.05, 0.1) is 23.7 Å². The second kappa shape index (κ2) is 7.16. The van der Waals surface area contributed by atoms with E-state index in [1.54, 1.807) is 30.3 Å². The Morgan fingerprint density at radius 3 is 2.65 bits per heavy atom. The Labute approximate surface area is 151 Å². The molecule has 2 aliphatic heterocycles. The number of rotatable bonds is 6. The van der Waals surface area contributed by atoms with Crippen molar-refractivity contribution in [2.75, 3.05) is 19.5 Å². The van der Waals surface area contributed by atoms with E-state index in [1.165, 1.54) is 7.11 Å². The van der Waals surface area contributed by atoms with E-state index in [0.717, 1.165) is 4.90 Å². The molecule has 3 atom stereocenters. The third-order valence-electron chi connectivity index (χ3n) is 3.97. The number of aliphatic carboxylic acids is 1. The fraction of sp³-hybridized carbons (Fsp3) is 0.312. The molecule has 1 fully saturated rings. The maximum absolute atomic E-state index is 12.3. The summed E-state index contributed by atoms with van der Waals surface area (Å²) < 4.78 is 22.6. The molecule has 138 valence electrons. The quantitative estimate of drug-likeness (QED) is 0.633. The number of benzene rings is 1. The molecule has 2 aliphatic rings. The molecule has 1 aromatic carbocycles. The van der Waals surface area contributed by atoms with E-state index in [1.807, 2.05) is 0 Å². The highest BCUT2D eigenvalue weighted by Gasteiger charge is 2.57. The van der Waals surface area contributed by atoms with Crippen LogP contribution in [0, 0.1) is 0 Å². The average Bonchev–Trinajstić information content (AvgIpc) is 2.64. The highest BCUT2D eigenvalue weighted by Crippen LogP contribution is 2.34. The number of ether oxygens (including phenoxy) is 2. The Bertz CT molecular complexity index is 808. The number of para-hydroxylation sites is 1. The number of fused-ring (bicyclic) bond motifs is 1. The summed E-state index contributed by atoms with van der Waals surface area (Å²) in [6, 6.07) is 7.59. The minimum Gasteiger partial charge on any atom is -0.498 e. The Hall–Kier alpha value is -2.88. The molecule has 0 spiro atoms. The van der Waals surface area contributed by atoms with Crippen molar-refractivity contribution in [1.82, 2.24) is 10.2 Å². The largest absolute Gasteiger partial charge is 0.498 e. The van der Waals surface area contributed by atoms with Crippen LogP contribution >= 0.6 is 0 Å². The van der Waals surface area contributed by atoms with Crippen molar-refractivity contribution in [3.63, 3.8) is 0 Å². The van der Waals surface area contributed by atoms with Crippen LogP contribution in [0.2, 0.25) is 0 Å². The van der Waals surface area contributed by atoms with Gasteiger partial charge in [-0.15, -0.1) is 0 Å². The molecule has 0 radical (unpaired) electrons. The lowest BCUT2D eigenvalue weighted by molar-refractivity contribution is -0.151. The van der Waals surface area contributed by atoms with Crippen LogP contribution in [-0.4, -0.2) is 62.9 Å². The van der Waals surface area contributed by atoms with Gasteiger partial charge < -0.3 is 19.9 Å². The molecular weight excluding hydrogens is 364 g/mol. The van der Waals surface area contributed by atoms with E-state index < -0.39 is 40.0 Å². The molecule has 9 nitrogen and oxygen atoms in total. The van der Waals surface area contributed by atoms with Gasteiger partial charge in [-0.25, -0.2) is 4.79 Å². The SMILES string of the molecule is COC1=C(C(=O)O)N2C(=O)C(NC(=O)COc3ccccc3)[C@@H]2[S@](=O)C1. The number of amides is 2. The lowest BCUT2D eigenvalue weighted by atomic mass is 10.0. The van der Waals surface area contributed by atoms with E-state index in [4.69, 9.17) is 9.47 Å². The van der Waals surface area contributed by atoms with Gasteiger partial charge in [0, 0.05) is 0 Å². The summed E-state index contributed by atoms with van der Waals surface area (Å²) in [7, 11) is -0.349. The summed E-state index contributed by atoms with van der Waals surface area (Å²) in [6.07, 6.45) is 0. The molecule has 0 aromatic heterocycles. The Kier molecular flexibility index (Phi) is 4.94. The predicted molar refractivity (Wildman–Crippen MR) is 89.2 cm³/mol. The smallest absolute Gasteiger partial charge is 0.356 e. The summed E-state index contributed by atoms with van der Waals surface area (Å²) in [5, 5.41) is 10.8. The fourth-order valence-corrected chi connectivity index (χ4v) is 4.40. The maximum Gasteiger partial charge on any atom is 0.356 e. The van der Waals surface area contributed by atoms with Crippen molar-refractivity contribution in [2.24, 2.45) is 0 Å². The number of carbonyl (C=O) groups is 3. The normalized spacial score (nSPS) is 24.4. The van der Waals surface area contributed by atoms with Gasteiger partial charge in [-0.3, -0.25) is 18.7 Å². The van der Waals surface area contributed by atoms with Gasteiger partial charge in [-0.1, -0.05) is 18.2 Å². The highest BCUT2D eigenvalue weighted by molar-refractivity contribution is 7.86. The lowest BCUT2D eigenvalue weighted by Gasteiger charge is -2.48. The second-order valence-corrected chi connectivity index (χ2v) is 7.09. The van der Waals surface area contributed by atoms with Gasteiger partial charge in [-0.05, 0) is 12.1 Å². The molecule has 0 saturated carbocycles. The number of nitrogens with zero attached hydrogens (tertiary/aromatic N) is 1. The number of β-lactam (4-membered cyclic amide) rings is 1. The molecule has 2 heterocycles. The zero-order chi connectivity index (χ0) is 18.8. The van der Waals surface area contributed by atoms with E-state index >= 15 is 0 Å². The zero-order valence-corrected chi connectivity index (χ0v) is 14.5. The van der Waals surface area contributed by atoms with Crippen molar-refractivity contribution in [1.29, 1.82) is 0 Å². The van der Waals surface area contributed by atoms with Crippen LogP contribution in [0.15, 0.2) is 41.8 Å². The fourth-order valence-electron chi connectivity index (χ4n) is 2.78. The molecule has 0 aliphatic carbocycles. The average molecular weight is 380 g/mol. The van der Waals surface area contributed by atoms with Crippen LogP contribution in [0.1, 0.15) is 0 Å². The van der Waals surface area contributed by atoms with Gasteiger partial charge in [0.25, 0.3) is 11.8 Å². The van der Waals surface area contributed by atoms with E-state index in [2.05, 4.69) is 5.32 Å². The van der Waals surface area contributed by atoms with E-state index in [9.17, 15) is 23.7 Å². The van der Waals surface area contributed by atoms with Crippen LogP contribution in [-0.2, 0) is 29.9 Å². The minimum absolute atomic E-state index is 0.0300. The summed E-state index contributed by atoms with van der Waals surface area (Å²) >= 11 is 0. The molecule has 0 bridgehead atoms. The topological polar surface area (TPSA) is 122 Å². The number of nitrogens with one attached hydrogen (secondary N) is 1. The molecule has 1 aromatic rings. The van der Waals surface area contributed by atoms with Crippen LogP contribution in [0.5, 0.6) is 5.75 Å². The number of hydrogen-bond acceptors (Lipinski definition) is 6. The molecule has 1 unspecified atom stereocenters. The Morgan fingerprint density at radius 1 is 1.35 bits per heavy atom.